The molecule has 2 aromatic rings. The van der Waals surface area contributed by atoms with Gasteiger partial charge in [-0.2, -0.15) is 0 Å². The van der Waals surface area contributed by atoms with Crippen LogP contribution in [-0.4, -0.2) is 11.0 Å². The highest BCUT2D eigenvalue weighted by atomic mass is 79.9. The first kappa shape index (κ1) is 15.6. The zero-order valence-electron chi connectivity index (χ0n) is 11.8. The van der Waals surface area contributed by atoms with Crippen LogP contribution in [0.2, 0.25) is 0 Å². The Morgan fingerprint density at radius 3 is 2.75 bits per heavy atom. The van der Waals surface area contributed by atoms with E-state index in [2.05, 4.69) is 42.0 Å². The van der Waals surface area contributed by atoms with Gasteiger partial charge in [-0.3, -0.25) is 0 Å². The highest BCUT2D eigenvalue weighted by Gasteiger charge is 2.14. The summed E-state index contributed by atoms with van der Waals surface area (Å²) in [5.74, 6) is -0.241. The van der Waals surface area contributed by atoms with Crippen molar-refractivity contribution in [3.8, 4) is 10.6 Å². The first-order valence-corrected chi connectivity index (χ1v) is 8.29. The fourth-order valence-corrected chi connectivity index (χ4v) is 3.68. The Hall–Kier alpha value is -0.780. The molecule has 1 aromatic heterocycles. The maximum absolute atomic E-state index is 13.2. The molecular weight excluding hydrogens is 339 g/mol. The zero-order valence-corrected chi connectivity index (χ0v) is 14.2. The third-order valence-electron chi connectivity index (χ3n) is 2.95. The van der Waals surface area contributed by atoms with Crippen LogP contribution in [0, 0.1) is 5.82 Å². The molecule has 5 heteroatoms. The quantitative estimate of drug-likeness (QED) is 0.834. The van der Waals surface area contributed by atoms with Crippen molar-refractivity contribution in [2.75, 3.05) is 0 Å². The summed E-state index contributed by atoms with van der Waals surface area (Å²) in [7, 11) is 0. The summed E-state index contributed by atoms with van der Waals surface area (Å²) in [5.41, 5.74) is 2.07. The smallest absolute Gasteiger partial charge is 0.125 e. The Morgan fingerprint density at radius 2 is 2.15 bits per heavy atom. The molecule has 0 saturated heterocycles. The minimum absolute atomic E-state index is 0.241. The first-order chi connectivity index (χ1) is 9.51. The van der Waals surface area contributed by atoms with Gasteiger partial charge in [0.1, 0.15) is 10.8 Å². The molecule has 1 N–H and O–H groups in total. The van der Waals surface area contributed by atoms with Gasteiger partial charge in [-0.25, -0.2) is 9.37 Å². The molecule has 0 aliphatic rings. The lowest BCUT2D eigenvalue weighted by Crippen LogP contribution is -2.21. The topological polar surface area (TPSA) is 24.9 Å². The van der Waals surface area contributed by atoms with Gasteiger partial charge in [0, 0.05) is 27.5 Å². The first-order valence-electron chi connectivity index (χ1n) is 6.68. The number of aromatic nitrogens is 1. The molecule has 1 aromatic carbocycles. The molecule has 0 aliphatic carbocycles. The van der Waals surface area contributed by atoms with Crippen molar-refractivity contribution in [1.82, 2.24) is 10.3 Å². The van der Waals surface area contributed by atoms with Crippen molar-refractivity contribution in [3.05, 3.63) is 39.1 Å². The number of nitrogens with zero attached hydrogens (tertiary/aromatic N) is 1. The predicted molar refractivity (Wildman–Crippen MR) is 86.6 cm³/mol. The number of benzene rings is 1. The van der Waals surface area contributed by atoms with Gasteiger partial charge in [0.2, 0.25) is 0 Å². The molecule has 0 unspecified atom stereocenters. The summed E-state index contributed by atoms with van der Waals surface area (Å²) in [6, 6.07) is 5.17. The molecule has 108 valence electrons. The molecule has 0 amide bonds. The zero-order chi connectivity index (χ0) is 14.7. The van der Waals surface area contributed by atoms with E-state index >= 15 is 0 Å². The van der Waals surface area contributed by atoms with Crippen LogP contribution in [-0.2, 0) is 13.0 Å². The second kappa shape index (κ2) is 6.78. The summed E-state index contributed by atoms with van der Waals surface area (Å²) in [6.07, 6.45) is 0.907. The molecule has 20 heavy (non-hydrogen) atoms. The average molecular weight is 357 g/mol. The Morgan fingerprint density at radius 1 is 1.40 bits per heavy atom. The molecule has 0 fully saturated rings. The number of halogens is 2. The van der Waals surface area contributed by atoms with E-state index in [-0.39, 0.29) is 5.82 Å². The van der Waals surface area contributed by atoms with Gasteiger partial charge in [-0.05, 0) is 40.5 Å². The molecule has 0 aliphatic heterocycles. The van der Waals surface area contributed by atoms with E-state index in [1.54, 1.807) is 17.4 Å². The molecule has 2 rings (SSSR count). The lowest BCUT2D eigenvalue weighted by atomic mass is 10.2. The standard InChI is InChI=1S/C15H18BrFN2S/c1-4-13-14(8-18-9(2)3)20-15(19-13)11-6-5-10(17)7-12(11)16/h5-7,9,18H,4,8H2,1-3H3. The van der Waals surface area contributed by atoms with Crippen LogP contribution in [0.1, 0.15) is 31.3 Å². The average Bonchev–Trinajstić information content (AvgIpc) is 2.79. The molecule has 2 nitrogen and oxygen atoms in total. The third-order valence-corrected chi connectivity index (χ3v) is 4.73. The Balaban J connectivity index is 2.33. The second-order valence-electron chi connectivity index (χ2n) is 4.90. The minimum Gasteiger partial charge on any atom is -0.310 e. The molecule has 1 heterocycles. The highest BCUT2D eigenvalue weighted by Crippen LogP contribution is 2.33. The summed E-state index contributed by atoms with van der Waals surface area (Å²) >= 11 is 5.09. The highest BCUT2D eigenvalue weighted by molar-refractivity contribution is 9.10. The molecular formula is C15H18BrFN2S. The van der Waals surface area contributed by atoms with Crippen LogP contribution in [0.4, 0.5) is 4.39 Å². The van der Waals surface area contributed by atoms with Gasteiger partial charge >= 0.3 is 0 Å². The van der Waals surface area contributed by atoms with E-state index in [1.165, 1.54) is 17.0 Å². The van der Waals surface area contributed by atoms with Gasteiger partial charge in [0.15, 0.2) is 0 Å². The Labute approximate surface area is 131 Å². The second-order valence-corrected chi connectivity index (χ2v) is 6.84. The van der Waals surface area contributed by atoms with Crippen LogP contribution in [0.15, 0.2) is 22.7 Å². The molecule has 0 radical (unpaired) electrons. The number of thiazole rings is 1. The van der Waals surface area contributed by atoms with Crippen LogP contribution in [0.3, 0.4) is 0 Å². The van der Waals surface area contributed by atoms with E-state index in [9.17, 15) is 4.39 Å². The van der Waals surface area contributed by atoms with Gasteiger partial charge in [0.05, 0.1) is 5.69 Å². The van der Waals surface area contributed by atoms with Crippen LogP contribution >= 0.6 is 27.3 Å². The lowest BCUT2D eigenvalue weighted by Gasteiger charge is -2.06. The monoisotopic (exact) mass is 356 g/mol. The SMILES string of the molecule is CCc1nc(-c2ccc(F)cc2Br)sc1CNC(C)C. The van der Waals surface area contributed by atoms with E-state index in [4.69, 9.17) is 4.98 Å². The number of hydrogen-bond acceptors (Lipinski definition) is 3. The summed E-state index contributed by atoms with van der Waals surface area (Å²) in [4.78, 5) is 5.95. The van der Waals surface area contributed by atoms with E-state index < -0.39 is 0 Å². The molecule has 0 saturated carbocycles. The Bertz CT molecular complexity index is 596. The number of aryl methyl sites for hydroxylation is 1. The number of hydrogen-bond donors (Lipinski definition) is 1. The van der Waals surface area contributed by atoms with Crippen molar-refractivity contribution >= 4 is 27.3 Å². The van der Waals surface area contributed by atoms with E-state index in [0.29, 0.717) is 6.04 Å². The van der Waals surface area contributed by atoms with Crippen molar-refractivity contribution in [2.24, 2.45) is 0 Å². The van der Waals surface area contributed by atoms with Crippen LogP contribution in [0.25, 0.3) is 10.6 Å². The molecule has 0 spiro atoms. The van der Waals surface area contributed by atoms with Gasteiger partial charge in [-0.1, -0.05) is 20.8 Å². The fraction of sp³-hybridized carbons (Fsp3) is 0.400. The van der Waals surface area contributed by atoms with Crippen molar-refractivity contribution in [3.63, 3.8) is 0 Å². The van der Waals surface area contributed by atoms with E-state index in [1.807, 2.05) is 0 Å². The molecule has 0 atom stereocenters. The van der Waals surface area contributed by atoms with Crippen LogP contribution in [0.5, 0.6) is 0 Å². The largest absolute Gasteiger partial charge is 0.310 e. The predicted octanol–water partition coefficient (Wildman–Crippen LogP) is 4.77. The normalized spacial score (nSPS) is 11.3. The maximum Gasteiger partial charge on any atom is 0.125 e. The number of rotatable bonds is 5. The number of nitrogens with one attached hydrogen (secondary N) is 1. The maximum atomic E-state index is 13.2. The van der Waals surface area contributed by atoms with Gasteiger partial charge in [-0.15, -0.1) is 11.3 Å². The van der Waals surface area contributed by atoms with Gasteiger partial charge in [0.25, 0.3) is 0 Å². The van der Waals surface area contributed by atoms with Gasteiger partial charge < -0.3 is 5.32 Å². The lowest BCUT2D eigenvalue weighted by molar-refractivity contribution is 0.590. The summed E-state index contributed by atoms with van der Waals surface area (Å²) in [5, 5.41) is 4.36. The van der Waals surface area contributed by atoms with Crippen molar-refractivity contribution in [1.29, 1.82) is 0 Å². The van der Waals surface area contributed by atoms with Crippen LogP contribution < -0.4 is 5.32 Å². The summed E-state index contributed by atoms with van der Waals surface area (Å²) in [6.45, 7) is 7.20. The minimum atomic E-state index is -0.241. The molecule has 0 bridgehead atoms. The Kier molecular flexibility index (Phi) is 5.29. The fourth-order valence-electron chi connectivity index (χ4n) is 1.87. The van der Waals surface area contributed by atoms with E-state index in [0.717, 1.165) is 33.7 Å². The van der Waals surface area contributed by atoms with Crippen molar-refractivity contribution < 1.29 is 4.39 Å². The van der Waals surface area contributed by atoms with Crippen molar-refractivity contribution in [2.45, 2.75) is 39.8 Å². The summed E-state index contributed by atoms with van der Waals surface area (Å²) < 4.78 is 13.9. The third kappa shape index (κ3) is 3.65.